The number of benzene rings is 2. The summed E-state index contributed by atoms with van der Waals surface area (Å²) in [4.78, 5) is 14.6. The van der Waals surface area contributed by atoms with Gasteiger partial charge in [-0.1, -0.05) is 29.8 Å². The van der Waals surface area contributed by atoms with E-state index in [4.69, 9.17) is 16.3 Å². The number of para-hydroxylation sites is 1. The number of carbonyl (C=O) groups is 1. The number of methoxy groups -OCH3 is 1. The molecule has 0 aliphatic carbocycles. The molecule has 1 heterocycles. The molecule has 0 saturated heterocycles. The molecule has 0 aliphatic rings. The Hall–Kier alpha value is -2.83. The molecule has 1 amide bonds. The van der Waals surface area contributed by atoms with Crippen LogP contribution in [0.4, 0.5) is 5.69 Å². The van der Waals surface area contributed by atoms with Gasteiger partial charge in [-0.2, -0.15) is 5.10 Å². The van der Waals surface area contributed by atoms with Crippen LogP contribution in [-0.2, 0) is 11.3 Å². The topological polar surface area (TPSA) is 59.4 Å². The van der Waals surface area contributed by atoms with Gasteiger partial charge in [-0.3, -0.25) is 4.79 Å². The summed E-state index contributed by atoms with van der Waals surface area (Å²) in [5.41, 5.74) is 4.42. The lowest BCUT2D eigenvalue weighted by atomic mass is 10.2. The second-order valence-electron chi connectivity index (χ2n) is 7.29. The number of ether oxygens (including phenoxy) is 1. The summed E-state index contributed by atoms with van der Waals surface area (Å²) in [7, 11) is 3.61. The van der Waals surface area contributed by atoms with E-state index in [1.807, 2.05) is 68.0 Å². The van der Waals surface area contributed by atoms with Gasteiger partial charge in [0.25, 0.3) is 0 Å². The summed E-state index contributed by atoms with van der Waals surface area (Å²) >= 11 is 6.10. The van der Waals surface area contributed by atoms with Crippen LogP contribution in [0.1, 0.15) is 23.4 Å². The lowest BCUT2D eigenvalue weighted by Gasteiger charge is -2.18. The molecular weight excluding hydrogens is 400 g/mol. The van der Waals surface area contributed by atoms with Crippen LogP contribution in [0.15, 0.2) is 48.5 Å². The van der Waals surface area contributed by atoms with Crippen molar-refractivity contribution in [1.82, 2.24) is 14.7 Å². The van der Waals surface area contributed by atoms with E-state index in [-0.39, 0.29) is 5.91 Å². The van der Waals surface area contributed by atoms with E-state index in [9.17, 15) is 4.79 Å². The van der Waals surface area contributed by atoms with Gasteiger partial charge in [0.15, 0.2) is 0 Å². The van der Waals surface area contributed by atoms with E-state index < -0.39 is 0 Å². The lowest BCUT2D eigenvalue weighted by molar-refractivity contribution is -0.116. The van der Waals surface area contributed by atoms with Crippen LogP contribution in [0, 0.1) is 13.8 Å². The zero-order chi connectivity index (χ0) is 21.7. The summed E-state index contributed by atoms with van der Waals surface area (Å²) in [6.45, 7) is 5.10. The number of nitrogens with one attached hydrogen (secondary N) is 1. The third-order valence-corrected chi connectivity index (χ3v) is 5.19. The summed E-state index contributed by atoms with van der Waals surface area (Å²) in [5, 5.41) is 8.27. The Labute approximate surface area is 182 Å². The van der Waals surface area contributed by atoms with Crippen molar-refractivity contribution in [3.05, 3.63) is 70.5 Å². The summed E-state index contributed by atoms with van der Waals surface area (Å²) < 4.78 is 7.25. The second-order valence-corrected chi connectivity index (χ2v) is 7.72. The molecule has 0 radical (unpaired) electrons. The molecule has 0 bridgehead atoms. The number of rotatable bonds is 8. The minimum Gasteiger partial charge on any atom is -0.496 e. The van der Waals surface area contributed by atoms with Crippen LogP contribution in [0.2, 0.25) is 5.02 Å². The van der Waals surface area contributed by atoms with E-state index in [0.717, 1.165) is 34.1 Å². The number of hydrogen-bond acceptors (Lipinski definition) is 4. The molecule has 2 aromatic carbocycles. The maximum Gasteiger partial charge on any atom is 0.225 e. The minimum atomic E-state index is -0.0429. The van der Waals surface area contributed by atoms with Crippen molar-refractivity contribution >= 4 is 23.2 Å². The Morgan fingerprint density at radius 2 is 1.93 bits per heavy atom. The molecule has 0 atom stereocenters. The number of hydrogen-bond donors (Lipinski definition) is 1. The molecule has 7 heteroatoms. The monoisotopic (exact) mass is 426 g/mol. The highest BCUT2D eigenvalue weighted by Gasteiger charge is 2.16. The smallest absolute Gasteiger partial charge is 0.225 e. The normalized spacial score (nSPS) is 11.0. The minimum absolute atomic E-state index is 0.0429. The molecule has 3 rings (SSSR count). The van der Waals surface area contributed by atoms with E-state index in [1.54, 1.807) is 13.2 Å². The molecule has 0 unspecified atom stereocenters. The Morgan fingerprint density at radius 3 is 2.63 bits per heavy atom. The van der Waals surface area contributed by atoms with E-state index in [1.165, 1.54) is 0 Å². The van der Waals surface area contributed by atoms with Gasteiger partial charge in [0.05, 0.1) is 29.9 Å². The van der Waals surface area contributed by atoms with E-state index >= 15 is 0 Å². The van der Waals surface area contributed by atoms with E-state index in [2.05, 4.69) is 15.3 Å². The van der Waals surface area contributed by atoms with Gasteiger partial charge in [0, 0.05) is 30.1 Å². The van der Waals surface area contributed by atoms with E-state index in [0.29, 0.717) is 24.5 Å². The van der Waals surface area contributed by atoms with Crippen molar-refractivity contribution in [3.8, 4) is 11.4 Å². The van der Waals surface area contributed by atoms with Gasteiger partial charge in [-0.25, -0.2) is 4.68 Å². The molecule has 0 spiro atoms. The third-order valence-electron chi connectivity index (χ3n) is 4.96. The molecule has 0 saturated carbocycles. The first-order chi connectivity index (χ1) is 14.4. The first-order valence-corrected chi connectivity index (χ1v) is 10.2. The number of aromatic nitrogens is 2. The van der Waals surface area contributed by atoms with Crippen LogP contribution in [0.3, 0.4) is 0 Å². The predicted octanol–water partition coefficient (Wildman–Crippen LogP) is 4.61. The quantitative estimate of drug-likeness (QED) is 0.571. The van der Waals surface area contributed by atoms with Gasteiger partial charge in [0.1, 0.15) is 5.75 Å². The molecule has 0 aliphatic heterocycles. The first-order valence-electron chi connectivity index (χ1n) is 9.81. The summed E-state index contributed by atoms with van der Waals surface area (Å²) in [6.07, 6.45) is 0.370. The van der Waals surface area contributed by atoms with Gasteiger partial charge in [-0.15, -0.1) is 0 Å². The van der Waals surface area contributed by atoms with Crippen molar-refractivity contribution in [2.24, 2.45) is 0 Å². The maximum absolute atomic E-state index is 12.6. The van der Waals surface area contributed by atoms with Crippen LogP contribution in [-0.4, -0.2) is 41.3 Å². The fourth-order valence-electron chi connectivity index (χ4n) is 3.38. The summed E-state index contributed by atoms with van der Waals surface area (Å²) in [5.74, 6) is 0.744. The zero-order valence-electron chi connectivity index (χ0n) is 17.8. The highest BCUT2D eigenvalue weighted by atomic mass is 35.5. The molecular formula is C23H27ClN4O2. The largest absolute Gasteiger partial charge is 0.496 e. The number of nitrogens with zero attached hydrogens (tertiary/aromatic N) is 3. The maximum atomic E-state index is 12.6. The highest BCUT2D eigenvalue weighted by Crippen LogP contribution is 2.24. The van der Waals surface area contributed by atoms with Crippen molar-refractivity contribution in [2.75, 3.05) is 26.0 Å². The Bertz CT molecular complexity index is 1020. The number of aryl methyl sites for hydroxylation is 1. The van der Waals surface area contributed by atoms with Gasteiger partial charge >= 0.3 is 0 Å². The Balaban J connectivity index is 1.60. The van der Waals surface area contributed by atoms with Crippen LogP contribution >= 0.6 is 11.6 Å². The molecule has 1 aromatic heterocycles. The number of anilines is 1. The van der Waals surface area contributed by atoms with Crippen molar-refractivity contribution in [1.29, 1.82) is 0 Å². The fraction of sp³-hybridized carbons (Fsp3) is 0.304. The average Bonchev–Trinajstić information content (AvgIpc) is 3.01. The first kappa shape index (κ1) is 21.9. The molecule has 3 aromatic rings. The second kappa shape index (κ2) is 9.78. The van der Waals surface area contributed by atoms with Crippen LogP contribution in [0.5, 0.6) is 5.75 Å². The van der Waals surface area contributed by atoms with Gasteiger partial charge < -0.3 is 15.0 Å². The standard InChI is InChI=1S/C23H27ClN4O2/c1-16-23(17(2)28(26-16)20-8-6-5-7-9-20)25-22(29)12-13-27(3)15-18-14-19(24)10-11-21(18)30-4/h5-11,14H,12-13,15H2,1-4H3,(H,25,29). The molecule has 30 heavy (non-hydrogen) atoms. The molecule has 1 N–H and O–H groups in total. The number of amides is 1. The lowest BCUT2D eigenvalue weighted by Crippen LogP contribution is -2.24. The Kier molecular flexibility index (Phi) is 7.13. The number of halogens is 1. The van der Waals surface area contributed by atoms with Gasteiger partial charge in [0.2, 0.25) is 5.91 Å². The SMILES string of the molecule is COc1ccc(Cl)cc1CN(C)CCC(=O)Nc1c(C)nn(-c2ccccc2)c1C. The summed E-state index contributed by atoms with van der Waals surface area (Å²) in [6, 6.07) is 15.4. The molecule has 6 nitrogen and oxygen atoms in total. The zero-order valence-corrected chi connectivity index (χ0v) is 18.5. The predicted molar refractivity (Wildman–Crippen MR) is 121 cm³/mol. The fourth-order valence-corrected chi connectivity index (χ4v) is 3.57. The third kappa shape index (κ3) is 5.20. The van der Waals surface area contributed by atoms with Crippen molar-refractivity contribution in [2.45, 2.75) is 26.8 Å². The van der Waals surface area contributed by atoms with Gasteiger partial charge in [-0.05, 0) is 51.2 Å². The van der Waals surface area contributed by atoms with Crippen molar-refractivity contribution < 1.29 is 9.53 Å². The van der Waals surface area contributed by atoms with Crippen LogP contribution in [0.25, 0.3) is 5.69 Å². The highest BCUT2D eigenvalue weighted by molar-refractivity contribution is 6.30. The molecule has 0 fully saturated rings. The molecule has 158 valence electrons. The number of carbonyl (C=O) groups excluding carboxylic acids is 1. The van der Waals surface area contributed by atoms with Crippen molar-refractivity contribution in [3.63, 3.8) is 0 Å². The average molecular weight is 427 g/mol. The Morgan fingerprint density at radius 1 is 1.20 bits per heavy atom. The van der Waals surface area contributed by atoms with Crippen LogP contribution < -0.4 is 10.1 Å².